The minimum atomic E-state index is -0.440. The van der Waals surface area contributed by atoms with Gasteiger partial charge in [0.05, 0.1) is 18.2 Å². The fourth-order valence-electron chi connectivity index (χ4n) is 1.40. The molecule has 6 heteroatoms. The smallest absolute Gasteiger partial charge is 0.151 e. The normalized spacial score (nSPS) is 9.94. The van der Waals surface area contributed by atoms with Crippen molar-refractivity contribution < 1.29 is 4.39 Å². The van der Waals surface area contributed by atoms with Gasteiger partial charge in [-0.15, -0.1) is 10.2 Å². The van der Waals surface area contributed by atoms with Crippen molar-refractivity contribution in [3.63, 3.8) is 0 Å². The third kappa shape index (κ3) is 2.58. The molecule has 0 aliphatic carbocycles. The molecular formula is C11H10FN5. The van der Waals surface area contributed by atoms with Crippen molar-refractivity contribution in [3.05, 3.63) is 41.7 Å². The molecule has 2 aromatic rings. The van der Waals surface area contributed by atoms with Crippen molar-refractivity contribution in [2.75, 3.05) is 5.32 Å². The summed E-state index contributed by atoms with van der Waals surface area (Å²) in [7, 11) is 1.82. The maximum Gasteiger partial charge on any atom is 0.151 e. The molecule has 0 aliphatic heterocycles. The second kappa shape index (κ2) is 4.61. The molecule has 0 radical (unpaired) electrons. The maximum absolute atomic E-state index is 13.1. The summed E-state index contributed by atoms with van der Waals surface area (Å²) in [5.74, 6) is 0.289. The van der Waals surface area contributed by atoms with Gasteiger partial charge in [-0.3, -0.25) is 0 Å². The molecule has 1 aromatic heterocycles. The van der Waals surface area contributed by atoms with Crippen LogP contribution in [0.2, 0.25) is 0 Å². The Morgan fingerprint density at radius 2 is 2.29 bits per heavy atom. The fourth-order valence-corrected chi connectivity index (χ4v) is 1.40. The van der Waals surface area contributed by atoms with Crippen molar-refractivity contribution in [2.45, 2.75) is 6.54 Å². The van der Waals surface area contributed by atoms with Crippen molar-refractivity contribution in [3.8, 4) is 6.07 Å². The minimum absolute atomic E-state index is 0.283. The van der Waals surface area contributed by atoms with Crippen molar-refractivity contribution in [2.24, 2.45) is 7.05 Å². The van der Waals surface area contributed by atoms with Gasteiger partial charge in [0.25, 0.3) is 0 Å². The van der Waals surface area contributed by atoms with Gasteiger partial charge in [0, 0.05) is 12.7 Å². The number of hydrogen-bond acceptors (Lipinski definition) is 4. The molecule has 0 bridgehead atoms. The summed E-state index contributed by atoms with van der Waals surface area (Å²) in [4.78, 5) is 0. The number of nitrogens with one attached hydrogen (secondary N) is 1. The Morgan fingerprint density at radius 3 is 2.94 bits per heavy atom. The van der Waals surface area contributed by atoms with Crippen LogP contribution in [0.3, 0.4) is 0 Å². The first-order valence-corrected chi connectivity index (χ1v) is 4.96. The van der Waals surface area contributed by atoms with Gasteiger partial charge in [-0.1, -0.05) is 0 Å². The minimum Gasteiger partial charge on any atom is -0.378 e. The zero-order valence-corrected chi connectivity index (χ0v) is 9.18. The average molecular weight is 231 g/mol. The van der Waals surface area contributed by atoms with E-state index < -0.39 is 5.82 Å². The van der Waals surface area contributed by atoms with E-state index in [0.29, 0.717) is 12.2 Å². The number of rotatable bonds is 3. The first-order chi connectivity index (χ1) is 8.19. The Labute approximate surface area is 97.5 Å². The monoisotopic (exact) mass is 231 g/mol. The number of benzene rings is 1. The van der Waals surface area contributed by atoms with E-state index in [1.807, 2.05) is 13.1 Å². The largest absolute Gasteiger partial charge is 0.378 e. The van der Waals surface area contributed by atoms with Crippen molar-refractivity contribution in [1.29, 1.82) is 5.26 Å². The van der Waals surface area contributed by atoms with Crippen LogP contribution in [0, 0.1) is 17.1 Å². The van der Waals surface area contributed by atoms with Crippen LogP contribution in [0.4, 0.5) is 10.1 Å². The van der Waals surface area contributed by atoms with Crippen LogP contribution < -0.4 is 5.32 Å². The third-order valence-corrected chi connectivity index (χ3v) is 2.28. The van der Waals surface area contributed by atoms with Gasteiger partial charge in [0.1, 0.15) is 12.1 Å². The van der Waals surface area contributed by atoms with Crippen LogP contribution in [0.15, 0.2) is 24.5 Å². The molecule has 2 rings (SSSR count). The lowest BCUT2D eigenvalue weighted by atomic mass is 10.2. The highest BCUT2D eigenvalue weighted by Crippen LogP contribution is 2.14. The number of anilines is 1. The van der Waals surface area contributed by atoms with E-state index in [4.69, 9.17) is 5.26 Å². The Bertz CT molecular complexity index is 569. The third-order valence-electron chi connectivity index (χ3n) is 2.28. The molecule has 0 saturated heterocycles. The molecule has 0 saturated carbocycles. The second-order valence-corrected chi connectivity index (χ2v) is 3.55. The number of nitriles is 1. The molecule has 86 valence electrons. The van der Waals surface area contributed by atoms with Crippen LogP contribution >= 0.6 is 0 Å². The Kier molecular flexibility index (Phi) is 3.01. The SMILES string of the molecule is Cn1cnnc1CNc1cc(F)cc(C#N)c1. The highest BCUT2D eigenvalue weighted by molar-refractivity contribution is 5.49. The standard InChI is InChI=1S/C11H10FN5/c1-17-7-15-16-11(17)6-14-10-3-8(5-13)2-9(12)4-10/h2-4,7,14H,6H2,1H3. The number of hydrogen-bond donors (Lipinski definition) is 1. The molecule has 0 spiro atoms. The molecule has 0 aliphatic rings. The van der Waals surface area contributed by atoms with Crippen LogP contribution in [0.5, 0.6) is 0 Å². The van der Waals surface area contributed by atoms with Crippen LogP contribution in [0.25, 0.3) is 0 Å². The van der Waals surface area contributed by atoms with Crippen LogP contribution in [0.1, 0.15) is 11.4 Å². The van der Waals surface area contributed by atoms with E-state index in [9.17, 15) is 4.39 Å². The van der Waals surface area contributed by atoms with Crippen LogP contribution in [-0.4, -0.2) is 14.8 Å². The summed E-state index contributed by atoms with van der Waals surface area (Å²) in [6.45, 7) is 0.421. The van der Waals surface area contributed by atoms with E-state index >= 15 is 0 Å². The molecule has 0 fully saturated rings. The highest BCUT2D eigenvalue weighted by atomic mass is 19.1. The lowest BCUT2D eigenvalue weighted by Gasteiger charge is -2.06. The molecule has 1 aromatic carbocycles. The zero-order valence-electron chi connectivity index (χ0n) is 9.18. The summed E-state index contributed by atoms with van der Waals surface area (Å²) >= 11 is 0. The molecule has 0 amide bonds. The summed E-state index contributed by atoms with van der Waals surface area (Å²) in [6, 6.07) is 6.00. The summed E-state index contributed by atoms with van der Waals surface area (Å²) < 4.78 is 14.9. The van der Waals surface area contributed by atoms with Crippen molar-refractivity contribution >= 4 is 5.69 Å². The van der Waals surface area contributed by atoms with Gasteiger partial charge < -0.3 is 9.88 Å². The van der Waals surface area contributed by atoms with E-state index in [0.717, 1.165) is 5.82 Å². The lowest BCUT2D eigenvalue weighted by Crippen LogP contribution is -2.06. The molecule has 1 heterocycles. The highest BCUT2D eigenvalue weighted by Gasteiger charge is 2.03. The lowest BCUT2D eigenvalue weighted by molar-refractivity contribution is 0.627. The van der Waals surface area contributed by atoms with E-state index in [-0.39, 0.29) is 5.56 Å². The predicted octanol–water partition coefficient (Wildman–Crippen LogP) is 1.44. The van der Waals surface area contributed by atoms with Gasteiger partial charge >= 0.3 is 0 Å². The van der Waals surface area contributed by atoms with Gasteiger partial charge in [0.2, 0.25) is 0 Å². The average Bonchev–Trinajstić information content (AvgIpc) is 2.71. The van der Waals surface area contributed by atoms with Crippen molar-refractivity contribution in [1.82, 2.24) is 14.8 Å². The number of halogens is 1. The Balaban J connectivity index is 2.12. The summed E-state index contributed by atoms with van der Waals surface area (Å²) in [5.41, 5.74) is 0.829. The van der Waals surface area contributed by atoms with Gasteiger partial charge in [0.15, 0.2) is 5.82 Å². The number of nitrogens with zero attached hydrogens (tertiary/aromatic N) is 4. The molecule has 17 heavy (non-hydrogen) atoms. The first kappa shape index (κ1) is 11.1. The predicted molar refractivity (Wildman–Crippen MR) is 59.4 cm³/mol. The van der Waals surface area contributed by atoms with Gasteiger partial charge in [-0.25, -0.2) is 4.39 Å². The Morgan fingerprint density at radius 1 is 1.47 bits per heavy atom. The molecule has 5 nitrogen and oxygen atoms in total. The molecule has 1 N–H and O–H groups in total. The number of aromatic nitrogens is 3. The number of aryl methyl sites for hydroxylation is 1. The van der Waals surface area contributed by atoms with E-state index in [1.165, 1.54) is 12.1 Å². The molecular weight excluding hydrogens is 221 g/mol. The second-order valence-electron chi connectivity index (χ2n) is 3.55. The molecule has 0 unspecified atom stereocenters. The summed E-state index contributed by atoms with van der Waals surface area (Å²) in [6.07, 6.45) is 1.59. The van der Waals surface area contributed by atoms with E-state index in [1.54, 1.807) is 17.0 Å². The Hall–Kier alpha value is -2.42. The topological polar surface area (TPSA) is 66.5 Å². The quantitative estimate of drug-likeness (QED) is 0.867. The van der Waals surface area contributed by atoms with Gasteiger partial charge in [-0.2, -0.15) is 5.26 Å². The van der Waals surface area contributed by atoms with E-state index in [2.05, 4.69) is 15.5 Å². The fraction of sp³-hybridized carbons (Fsp3) is 0.182. The first-order valence-electron chi connectivity index (χ1n) is 4.96. The van der Waals surface area contributed by atoms with Crippen LogP contribution in [-0.2, 0) is 13.6 Å². The zero-order chi connectivity index (χ0) is 12.3. The maximum atomic E-state index is 13.1. The molecule has 0 atom stereocenters. The summed E-state index contributed by atoms with van der Waals surface area (Å²) in [5, 5.41) is 19.3. The van der Waals surface area contributed by atoms with Gasteiger partial charge in [-0.05, 0) is 18.2 Å².